The van der Waals surface area contributed by atoms with Gasteiger partial charge in [0.15, 0.2) is 0 Å². The summed E-state index contributed by atoms with van der Waals surface area (Å²) in [5.41, 5.74) is -0.777. The number of rotatable bonds is 7. The predicted octanol–water partition coefficient (Wildman–Crippen LogP) is 1.57. The second-order valence-corrected chi connectivity index (χ2v) is 5.90. The van der Waals surface area contributed by atoms with E-state index >= 15 is 0 Å². The van der Waals surface area contributed by atoms with Gasteiger partial charge in [-0.2, -0.15) is 0 Å². The molecule has 0 aromatic heterocycles. The van der Waals surface area contributed by atoms with Crippen LogP contribution < -0.4 is 10.6 Å². The zero-order valence-electron chi connectivity index (χ0n) is 13.2. The standard InChI is InChI=1S/C15H31N3O2/c1-4-15(20,5-2)12-17-14(19)16-10-13-8-7-9-18(6-3)11-13/h13,20H,4-12H2,1-3H3,(H2,16,17,19). The molecule has 5 nitrogen and oxygen atoms in total. The lowest BCUT2D eigenvalue weighted by molar-refractivity contribution is 0.0349. The van der Waals surface area contributed by atoms with Gasteiger partial charge in [-0.15, -0.1) is 0 Å². The molecule has 1 heterocycles. The van der Waals surface area contributed by atoms with Gasteiger partial charge in [-0.3, -0.25) is 0 Å². The lowest BCUT2D eigenvalue weighted by Crippen LogP contribution is -2.48. The smallest absolute Gasteiger partial charge is 0.314 e. The Morgan fingerprint density at radius 1 is 1.30 bits per heavy atom. The molecule has 0 aromatic rings. The number of nitrogens with one attached hydrogen (secondary N) is 2. The molecule has 0 radical (unpaired) electrons. The van der Waals surface area contributed by atoms with Crippen LogP contribution in [0.25, 0.3) is 0 Å². The number of amides is 2. The molecule has 0 aliphatic carbocycles. The molecule has 0 aromatic carbocycles. The summed E-state index contributed by atoms with van der Waals surface area (Å²) in [4.78, 5) is 14.2. The van der Waals surface area contributed by atoms with Crippen LogP contribution in [-0.4, -0.2) is 54.4 Å². The van der Waals surface area contributed by atoms with E-state index in [1.807, 2.05) is 13.8 Å². The number of urea groups is 1. The lowest BCUT2D eigenvalue weighted by Gasteiger charge is -2.32. The Morgan fingerprint density at radius 2 is 2.00 bits per heavy atom. The summed E-state index contributed by atoms with van der Waals surface area (Å²) in [6, 6.07) is -0.168. The van der Waals surface area contributed by atoms with Crippen molar-refractivity contribution in [3.05, 3.63) is 0 Å². The second kappa shape index (κ2) is 8.47. The van der Waals surface area contributed by atoms with Crippen LogP contribution in [0.3, 0.4) is 0 Å². The van der Waals surface area contributed by atoms with Crippen molar-refractivity contribution in [2.75, 3.05) is 32.7 Å². The van der Waals surface area contributed by atoms with Gasteiger partial charge in [-0.25, -0.2) is 4.79 Å². The molecule has 5 heteroatoms. The normalized spacial score (nSPS) is 20.7. The average Bonchev–Trinajstić information content (AvgIpc) is 2.50. The molecule has 3 N–H and O–H groups in total. The molecule has 1 atom stereocenters. The molecule has 1 aliphatic rings. The van der Waals surface area contributed by atoms with E-state index in [9.17, 15) is 9.90 Å². The van der Waals surface area contributed by atoms with Gasteiger partial charge in [0.1, 0.15) is 0 Å². The number of nitrogens with zero attached hydrogens (tertiary/aromatic N) is 1. The fraction of sp³-hybridized carbons (Fsp3) is 0.933. The molecule has 0 saturated carbocycles. The minimum absolute atomic E-state index is 0.168. The van der Waals surface area contributed by atoms with E-state index in [2.05, 4.69) is 22.5 Å². The van der Waals surface area contributed by atoms with Gasteiger partial charge in [-0.05, 0) is 44.7 Å². The highest BCUT2D eigenvalue weighted by Gasteiger charge is 2.23. The van der Waals surface area contributed by atoms with Crippen molar-refractivity contribution in [3.8, 4) is 0 Å². The Balaban J connectivity index is 2.22. The van der Waals surface area contributed by atoms with Gasteiger partial charge < -0.3 is 20.6 Å². The predicted molar refractivity (Wildman–Crippen MR) is 81.8 cm³/mol. The van der Waals surface area contributed by atoms with Crippen LogP contribution in [0.4, 0.5) is 4.79 Å². The number of aliphatic hydroxyl groups is 1. The Kier molecular flexibility index (Phi) is 7.30. The molecular formula is C15H31N3O2. The monoisotopic (exact) mass is 285 g/mol. The first-order valence-corrected chi connectivity index (χ1v) is 7.99. The Morgan fingerprint density at radius 3 is 2.60 bits per heavy atom. The molecular weight excluding hydrogens is 254 g/mol. The summed E-state index contributed by atoms with van der Waals surface area (Å²) in [6.07, 6.45) is 3.70. The van der Waals surface area contributed by atoms with Gasteiger partial charge in [0, 0.05) is 19.6 Å². The summed E-state index contributed by atoms with van der Waals surface area (Å²) in [5, 5.41) is 15.8. The van der Waals surface area contributed by atoms with E-state index in [1.165, 1.54) is 19.4 Å². The van der Waals surface area contributed by atoms with E-state index < -0.39 is 5.60 Å². The summed E-state index contributed by atoms with van der Waals surface area (Å²) in [6.45, 7) is 10.4. The SMILES string of the molecule is CCN1CCCC(CNC(=O)NCC(O)(CC)CC)C1. The first-order chi connectivity index (χ1) is 9.53. The van der Waals surface area contributed by atoms with Gasteiger partial charge in [0.05, 0.1) is 5.60 Å². The highest BCUT2D eigenvalue weighted by atomic mass is 16.3. The third kappa shape index (κ3) is 5.67. The van der Waals surface area contributed by atoms with Crippen molar-refractivity contribution in [3.63, 3.8) is 0 Å². The van der Waals surface area contributed by atoms with Crippen molar-refractivity contribution in [1.29, 1.82) is 0 Å². The van der Waals surface area contributed by atoms with Crippen molar-refractivity contribution in [2.24, 2.45) is 5.92 Å². The maximum Gasteiger partial charge on any atom is 0.314 e. The summed E-state index contributed by atoms with van der Waals surface area (Å²) < 4.78 is 0. The van der Waals surface area contributed by atoms with Gasteiger partial charge >= 0.3 is 6.03 Å². The van der Waals surface area contributed by atoms with Crippen LogP contribution in [0.15, 0.2) is 0 Å². The molecule has 2 amide bonds. The second-order valence-electron chi connectivity index (χ2n) is 5.90. The average molecular weight is 285 g/mol. The molecule has 118 valence electrons. The van der Waals surface area contributed by atoms with Crippen LogP contribution in [0.1, 0.15) is 46.5 Å². The fourth-order valence-electron chi connectivity index (χ4n) is 2.65. The topological polar surface area (TPSA) is 64.6 Å². The van der Waals surface area contributed by atoms with Crippen molar-refractivity contribution in [2.45, 2.75) is 52.1 Å². The van der Waals surface area contributed by atoms with Crippen molar-refractivity contribution in [1.82, 2.24) is 15.5 Å². The van der Waals surface area contributed by atoms with Gasteiger partial charge in [0.2, 0.25) is 0 Å². The number of carbonyl (C=O) groups is 1. The molecule has 1 unspecified atom stereocenters. The van der Waals surface area contributed by atoms with E-state index in [1.54, 1.807) is 0 Å². The Hall–Kier alpha value is -0.810. The first kappa shape index (κ1) is 17.2. The Labute approximate surface area is 123 Å². The van der Waals surface area contributed by atoms with Crippen molar-refractivity contribution < 1.29 is 9.90 Å². The molecule has 20 heavy (non-hydrogen) atoms. The first-order valence-electron chi connectivity index (χ1n) is 7.99. The summed E-state index contributed by atoms with van der Waals surface area (Å²) in [5.74, 6) is 0.547. The zero-order chi connectivity index (χ0) is 15.0. The molecule has 1 saturated heterocycles. The number of hydrogen-bond acceptors (Lipinski definition) is 3. The third-order valence-corrected chi connectivity index (χ3v) is 4.50. The number of likely N-dealkylation sites (tertiary alicyclic amines) is 1. The summed E-state index contributed by atoms with van der Waals surface area (Å²) in [7, 11) is 0. The van der Waals surface area contributed by atoms with Gasteiger partial charge in [-0.1, -0.05) is 20.8 Å². The van der Waals surface area contributed by atoms with E-state index in [0.29, 0.717) is 25.3 Å². The molecule has 0 spiro atoms. The minimum atomic E-state index is -0.777. The summed E-state index contributed by atoms with van der Waals surface area (Å²) >= 11 is 0. The van der Waals surface area contributed by atoms with Crippen LogP contribution in [0, 0.1) is 5.92 Å². The molecule has 1 rings (SSSR count). The van der Waals surface area contributed by atoms with Crippen LogP contribution >= 0.6 is 0 Å². The van der Waals surface area contributed by atoms with Crippen LogP contribution in [0.5, 0.6) is 0 Å². The number of hydrogen-bond donors (Lipinski definition) is 3. The maximum absolute atomic E-state index is 11.8. The van der Waals surface area contributed by atoms with Crippen LogP contribution in [-0.2, 0) is 0 Å². The zero-order valence-corrected chi connectivity index (χ0v) is 13.2. The Bertz CT molecular complexity index is 293. The highest BCUT2D eigenvalue weighted by Crippen LogP contribution is 2.15. The van der Waals surface area contributed by atoms with Crippen molar-refractivity contribution >= 4 is 6.03 Å². The fourth-order valence-corrected chi connectivity index (χ4v) is 2.65. The largest absolute Gasteiger partial charge is 0.388 e. The lowest BCUT2D eigenvalue weighted by atomic mass is 9.97. The molecule has 0 bridgehead atoms. The molecule has 1 aliphatic heterocycles. The number of piperidine rings is 1. The maximum atomic E-state index is 11.8. The van der Waals surface area contributed by atoms with E-state index in [-0.39, 0.29) is 6.03 Å². The van der Waals surface area contributed by atoms with E-state index in [4.69, 9.17) is 0 Å². The van der Waals surface area contributed by atoms with Gasteiger partial charge in [0.25, 0.3) is 0 Å². The minimum Gasteiger partial charge on any atom is -0.388 e. The van der Waals surface area contributed by atoms with Crippen LogP contribution in [0.2, 0.25) is 0 Å². The quantitative estimate of drug-likeness (QED) is 0.665. The number of carbonyl (C=O) groups excluding carboxylic acids is 1. The molecule has 1 fully saturated rings. The third-order valence-electron chi connectivity index (χ3n) is 4.50. The highest BCUT2D eigenvalue weighted by molar-refractivity contribution is 5.73. The van der Waals surface area contributed by atoms with E-state index in [0.717, 1.165) is 19.6 Å².